The van der Waals surface area contributed by atoms with E-state index in [1.807, 2.05) is 78.9 Å². The van der Waals surface area contributed by atoms with Crippen molar-refractivity contribution in [1.29, 1.82) is 0 Å². The molecule has 0 spiro atoms. The van der Waals surface area contributed by atoms with E-state index >= 15 is 0 Å². The van der Waals surface area contributed by atoms with Gasteiger partial charge in [0.2, 0.25) is 0 Å². The fourth-order valence-electron chi connectivity index (χ4n) is 3.01. The number of imidazole rings is 1. The third kappa shape index (κ3) is 3.79. The quantitative estimate of drug-likeness (QED) is 0.408. The van der Waals surface area contributed by atoms with Gasteiger partial charge in [-0.05, 0) is 30.3 Å². The molecule has 4 aromatic rings. The zero-order valence-corrected chi connectivity index (χ0v) is 16.1. The van der Waals surface area contributed by atoms with E-state index in [9.17, 15) is 0 Å². The first kappa shape index (κ1) is 18.3. The average Bonchev–Trinajstić information content (AvgIpc) is 3.19. The summed E-state index contributed by atoms with van der Waals surface area (Å²) in [6, 6.07) is 25.6. The van der Waals surface area contributed by atoms with Gasteiger partial charge in [0.1, 0.15) is 11.6 Å². The molecule has 1 aromatic heterocycles. The Hall–Kier alpha value is -3.08. The van der Waals surface area contributed by atoms with Crippen molar-refractivity contribution in [3.8, 4) is 39.7 Å². The van der Waals surface area contributed by atoms with E-state index < -0.39 is 0 Å². The van der Waals surface area contributed by atoms with E-state index in [4.69, 9.17) is 26.1 Å². The largest absolute Gasteiger partial charge is 0.468 e. The highest BCUT2D eigenvalue weighted by Gasteiger charge is 2.17. The number of methoxy groups -OCH3 is 1. The summed E-state index contributed by atoms with van der Waals surface area (Å²) in [5.41, 5.74) is 4.66. The van der Waals surface area contributed by atoms with Crippen LogP contribution < -0.4 is 4.74 Å². The Balaban J connectivity index is 1.79. The molecular weight excluding hydrogens is 372 g/mol. The van der Waals surface area contributed by atoms with E-state index in [1.54, 1.807) is 7.11 Å². The van der Waals surface area contributed by atoms with Crippen molar-refractivity contribution < 1.29 is 9.47 Å². The van der Waals surface area contributed by atoms with Crippen LogP contribution in [0, 0.1) is 0 Å². The van der Waals surface area contributed by atoms with Crippen molar-refractivity contribution in [3.63, 3.8) is 0 Å². The van der Waals surface area contributed by atoms with Gasteiger partial charge in [0, 0.05) is 28.8 Å². The third-order valence-electron chi connectivity index (χ3n) is 4.37. The van der Waals surface area contributed by atoms with E-state index in [2.05, 4.69) is 4.98 Å². The molecule has 0 amide bonds. The Bertz CT molecular complexity index is 1060. The van der Waals surface area contributed by atoms with Gasteiger partial charge < -0.3 is 14.5 Å². The van der Waals surface area contributed by atoms with E-state index in [0.29, 0.717) is 5.02 Å². The lowest BCUT2D eigenvalue weighted by Gasteiger charge is -2.05. The monoisotopic (exact) mass is 390 g/mol. The minimum atomic E-state index is 0.217. The number of aromatic nitrogens is 2. The summed E-state index contributed by atoms with van der Waals surface area (Å²) in [4.78, 5) is 8.34. The van der Waals surface area contributed by atoms with Gasteiger partial charge in [0.15, 0.2) is 6.79 Å². The Morgan fingerprint density at radius 1 is 0.857 bits per heavy atom. The number of hydrogen-bond donors (Lipinski definition) is 1. The molecule has 28 heavy (non-hydrogen) atoms. The predicted molar refractivity (Wildman–Crippen MR) is 112 cm³/mol. The molecule has 0 atom stereocenters. The third-order valence-corrected chi connectivity index (χ3v) is 4.70. The molecule has 0 saturated carbocycles. The summed E-state index contributed by atoms with van der Waals surface area (Å²) >= 11 is 6.47. The highest BCUT2D eigenvalue weighted by molar-refractivity contribution is 6.33. The van der Waals surface area contributed by atoms with Gasteiger partial charge in [-0.15, -0.1) is 0 Å². The Morgan fingerprint density at radius 3 is 2.29 bits per heavy atom. The number of benzene rings is 3. The van der Waals surface area contributed by atoms with Crippen molar-refractivity contribution in [1.82, 2.24) is 9.97 Å². The maximum atomic E-state index is 6.47. The fraction of sp³-hybridized carbons (Fsp3) is 0.0870. The predicted octanol–water partition coefficient (Wildman–Crippen LogP) is 6.05. The molecule has 0 saturated heterocycles. The second-order valence-electron chi connectivity index (χ2n) is 6.23. The second kappa shape index (κ2) is 8.30. The molecule has 5 heteroatoms. The van der Waals surface area contributed by atoms with Gasteiger partial charge >= 0.3 is 0 Å². The highest BCUT2D eigenvalue weighted by atomic mass is 35.5. The van der Waals surface area contributed by atoms with Gasteiger partial charge in [0.05, 0.1) is 11.4 Å². The molecule has 3 aromatic carbocycles. The van der Waals surface area contributed by atoms with Crippen LogP contribution in [0.2, 0.25) is 5.02 Å². The van der Waals surface area contributed by atoms with Crippen molar-refractivity contribution in [2.75, 3.05) is 13.9 Å². The first-order valence-corrected chi connectivity index (χ1v) is 9.26. The number of halogens is 1. The lowest BCUT2D eigenvalue weighted by atomic mass is 10.1. The molecule has 4 nitrogen and oxygen atoms in total. The number of ether oxygens (including phenoxy) is 2. The van der Waals surface area contributed by atoms with Crippen molar-refractivity contribution >= 4 is 11.6 Å². The molecule has 1 N–H and O–H groups in total. The standard InChI is InChI=1S/C23H19ClN2O2/c1-27-15-28-18-13-11-17(12-14-18)23-25-21(16-7-3-2-4-8-16)22(26-23)19-9-5-6-10-20(19)24/h2-14H,15H2,1H3,(H,25,26). The second-order valence-corrected chi connectivity index (χ2v) is 6.64. The van der Waals surface area contributed by atoms with Crippen LogP contribution in [0.3, 0.4) is 0 Å². The molecule has 0 bridgehead atoms. The number of H-pyrrole nitrogens is 1. The smallest absolute Gasteiger partial charge is 0.188 e. The summed E-state index contributed by atoms with van der Waals surface area (Å²) in [6.07, 6.45) is 0. The fourth-order valence-corrected chi connectivity index (χ4v) is 3.24. The Morgan fingerprint density at radius 2 is 1.57 bits per heavy atom. The van der Waals surface area contributed by atoms with Crippen molar-refractivity contribution in [2.45, 2.75) is 0 Å². The van der Waals surface area contributed by atoms with Crippen LogP contribution >= 0.6 is 11.6 Å². The minimum Gasteiger partial charge on any atom is -0.468 e. The van der Waals surface area contributed by atoms with Crippen LogP contribution in [0.15, 0.2) is 78.9 Å². The van der Waals surface area contributed by atoms with Crippen LogP contribution in [0.25, 0.3) is 33.9 Å². The van der Waals surface area contributed by atoms with Gasteiger partial charge in [-0.2, -0.15) is 0 Å². The maximum absolute atomic E-state index is 6.47. The Labute approximate surface area is 168 Å². The molecule has 0 aliphatic rings. The molecular formula is C23H19ClN2O2. The number of nitrogens with zero attached hydrogens (tertiary/aromatic N) is 1. The van der Waals surface area contributed by atoms with E-state index in [0.717, 1.165) is 39.7 Å². The topological polar surface area (TPSA) is 47.1 Å². The summed E-state index contributed by atoms with van der Waals surface area (Å²) < 4.78 is 10.4. The lowest BCUT2D eigenvalue weighted by Crippen LogP contribution is -1.98. The summed E-state index contributed by atoms with van der Waals surface area (Å²) in [7, 11) is 1.60. The molecule has 1 heterocycles. The highest BCUT2D eigenvalue weighted by Crippen LogP contribution is 2.36. The average molecular weight is 391 g/mol. The van der Waals surface area contributed by atoms with Gasteiger partial charge in [0.25, 0.3) is 0 Å². The minimum absolute atomic E-state index is 0.217. The Kier molecular flexibility index (Phi) is 5.42. The SMILES string of the molecule is COCOc1ccc(-c2nc(-c3ccccc3)c(-c3ccccc3Cl)[nH]2)cc1. The first-order valence-electron chi connectivity index (χ1n) is 8.89. The first-order chi connectivity index (χ1) is 13.8. The van der Waals surface area contributed by atoms with Crippen LogP contribution in [0.1, 0.15) is 0 Å². The van der Waals surface area contributed by atoms with Crippen LogP contribution in [-0.2, 0) is 4.74 Å². The van der Waals surface area contributed by atoms with Gasteiger partial charge in [-0.25, -0.2) is 4.98 Å². The maximum Gasteiger partial charge on any atom is 0.188 e. The zero-order chi connectivity index (χ0) is 19.3. The molecule has 0 aliphatic carbocycles. The molecule has 0 fully saturated rings. The number of nitrogens with one attached hydrogen (secondary N) is 1. The van der Waals surface area contributed by atoms with Crippen molar-refractivity contribution in [2.24, 2.45) is 0 Å². The molecule has 140 valence electrons. The number of rotatable bonds is 6. The summed E-state index contributed by atoms with van der Waals surface area (Å²) in [6.45, 7) is 0.217. The zero-order valence-electron chi connectivity index (χ0n) is 15.4. The van der Waals surface area contributed by atoms with E-state index in [1.165, 1.54) is 0 Å². The summed E-state index contributed by atoms with van der Waals surface area (Å²) in [5.74, 6) is 1.51. The molecule has 4 rings (SSSR count). The number of aromatic amines is 1. The van der Waals surface area contributed by atoms with Crippen LogP contribution in [0.4, 0.5) is 0 Å². The van der Waals surface area contributed by atoms with Crippen LogP contribution in [-0.4, -0.2) is 23.9 Å². The lowest BCUT2D eigenvalue weighted by molar-refractivity contribution is 0.0511. The van der Waals surface area contributed by atoms with E-state index in [-0.39, 0.29) is 6.79 Å². The van der Waals surface area contributed by atoms with Crippen LogP contribution in [0.5, 0.6) is 5.75 Å². The molecule has 0 radical (unpaired) electrons. The van der Waals surface area contributed by atoms with Gasteiger partial charge in [-0.3, -0.25) is 0 Å². The van der Waals surface area contributed by atoms with Crippen molar-refractivity contribution in [3.05, 3.63) is 83.9 Å². The number of hydrogen-bond acceptors (Lipinski definition) is 3. The normalized spacial score (nSPS) is 10.8. The molecule has 0 unspecified atom stereocenters. The molecule has 0 aliphatic heterocycles. The summed E-state index contributed by atoms with van der Waals surface area (Å²) in [5, 5.41) is 0.679. The van der Waals surface area contributed by atoms with Gasteiger partial charge in [-0.1, -0.05) is 60.1 Å².